The van der Waals surface area contributed by atoms with Gasteiger partial charge in [0.1, 0.15) is 5.82 Å². The number of thiophene rings is 1. The Hall–Kier alpha value is -2.05. The molecule has 1 aromatic heterocycles. The number of aliphatic hydroxyl groups is 1. The van der Waals surface area contributed by atoms with Crippen LogP contribution in [0.25, 0.3) is 0 Å². The van der Waals surface area contributed by atoms with E-state index in [9.17, 15) is 19.1 Å². The third kappa shape index (κ3) is 3.25. The van der Waals surface area contributed by atoms with Crippen molar-refractivity contribution in [1.82, 2.24) is 0 Å². The van der Waals surface area contributed by atoms with Crippen molar-refractivity contribution in [3.63, 3.8) is 0 Å². The van der Waals surface area contributed by atoms with Crippen molar-refractivity contribution in [2.24, 2.45) is 0 Å². The van der Waals surface area contributed by atoms with Crippen LogP contribution in [0.15, 0.2) is 41.8 Å². The molecule has 1 saturated heterocycles. The molecule has 0 radical (unpaired) electrons. The van der Waals surface area contributed by atoms with E-state index in [1.807, 2.05) is 17.5 Å². The van der Waals surface area contributed by atoms with Gasteiger partial charge >= 0.3 is 0 Å². The van der Waals surface area contributed by atoms with Gasteiger partial charge in [-0.15, -0.1) is 11.3 Å². The van der Waals surface area contributed by atoms with Crippen LogP contribution in [0.1, 0.15) is 24.1 Å². The Labute approximate surface area is 143 Å². The lowest BCUT2D eigenvalue weighted by atomic mass is 9.93. The summed E-state index contributed by atoms with van der Waals surface area (Å²) < 4.78 is 13.0. The molecule has 3 rings (SSSR count). The normalized spacial score (nSPS) is 20.6. The monoisotopic (exact) mass is 347 g/mol. The van der Waals surface area contributed by atoms with Crippen LogP contribution < -0.4 is 4.90 Å². The molecular weight excluding hydrogens is 329 g/mol. The molecule has 0 aliphatic carbocycles. The van der Waals surface area contributed by atoms with Gasteiger partial charge in [-0.25, -0.2) is 4.39 Å². The van der Waals surface area contributed by atoms with Crippen molar-refractivity contribution < 1.29 is 19.1 Å². The molecule has 6 heteroatoms. The zero-order chi connectivity index (χ0) is 17.2. The maximum atomic E-state index is 13.0. The molecule has 24 heavy (non-hydrogen) atoms. The number of ketones is 1. The van der Waals surface area contributed by atoms with E-state index in [0.29, 0.717) is 12.1 Å². The van der Waals surface area contributed by atoms with Crippen molar-refractivity contribution in [2.75, 3.05) is 11.4 Å². The molecule has 0 saturated carbocycles. The standard InChI is InChI=1S/C18H18FNO3S/c19-13-6-8-14(9-7-13)20-11-10-18(23,17(20)22)16(21)5-1-3-15-4-2-12-24-15/h2,4,6-9,12,23H,1,3,5,10-11H2. The molecule has 0 spiro atoms. The molecule has 0 bridgehead atoms. The highest BCUT2D eigenvalue weighted by molar-refractivity contribution is 7.09. The fourth-order valence-corrected chi connectivity index (χ4v) is 3.67. The molecule has 2 heterocycles. The van der Waals surface area contributed by atoms with Crippen LogP contribution in [0.2, 0.25) is 0 Å². The lowest BCUT2D eigenvalue weighted by molar-refractivity contribution is -0.147. The van der Waals surface area contributed by atoms with Gasteiger partial charge < -0.3 is 10.0 Å². The van der Waals surface area contributed by atoms with Gasteiger partial charge in [-0.2, -0.15) is 0 Å². The van der Waals surface area contributed by atoms with Gasteiger partial charge in [0, 0.05) is 30.0 Å². The van der Waals surface area contributed by atoms with Crippen LogP contribution in [0.4, 0.5) is 10.1 Å². The van der Waals surface area contributed by atoms with Crippen molar-refractivity contribution in [2.45, 2.75) is 31.3 Å². The predicted octanol–water partition coefficient (Wildman–Crippen LogP) is 2.95. The number of hydrogen-bond acceptors (Lipinski definition) is 4. The highest BCUT2D eigenvalue weighted by Gasteiger charge is 2.50. The highest BCUT2D eigenvalue weighted by Crippen LogP contribution is 2.30. The summed E-state index contributed by atoms with van der Waals surface area (Å²) in [5.41, 5.74) is -1.46. The number of amides is 1. The van der Waals surface area contributed by atoms with Crippen LogP contribution in [-0.4, -0.2) is 28.9 Å². The van der Waals surface area contributed by atoms with Gasteiger partial charge in [-0.1, -0.05) is 6.07 Å². The molecule has 1 aromatic carbocycles. The van der Waals surface area contributed by atoms with E-state index in [1.165, 1.54) is 34.0 Å². The average Bonchev–Trinajstić information content (AvgIpc) is 3.18. The summed E-state index contributed by atoms with van der Waals surface area (Å²) >= 11 is 1.63. The number of hydrogen-bond donors (Lipinski definition) is 1. The predicted molar refractivity (Wildman–Crippen MR) is 90.6 cm³/mol. The molecule has 1 atom stereocenters. The Morgan fingerprint density at radius 3 is 2.71 bits per heavy atom. The van der Waals surface area contributed by atoms with Crippen molar-refractivity contribution in [1.29, 1.82) is 0 Å². The third-order valence-electron chi connectivity index (χ3n) is 4.30. The van der Waals surface area contributed by atoms with Gasteiger partial charge in [-0.3, -0.25) is 9.59 Å². The zero-order valence-corrected chi connectivity index (χ0v) is 13.9. The van der Waals surface area contributed by atoms with E-state index >= 15 is 0 Å². The van der Waals surface area contributed by atoms with Gasteiger partial charge in [-0.05, 0) is 48.6 Å². The summed E-state index contributed by atoms with van der Waals surface area (Å²) in [7, 11) is 0. The second-order valence-electron chi connectivity index (χ2n) is 5.90. The van der Waals surface area contributed by atoms with E-state index in [0.717, 1.165) is 6.42 Å². The molecule has 1 N–H and O–H groups in total. The largest absolute Gasteiger partial charge is 0.373 e. The summed E-state index contributed by atoms with van der Waals surface area (Å²) in [6.07, 6.45) is 1.60. The Kier molecular flexibility index (Phi) is 4.78. The van der Waals surface area contributed by atoms with E-state index < -0.39 is 23.1 Å². The van der Waals surface area contributed by atoms with Crippen molar-refractivity contribution in [3.05, 3.63) is 52.5 Å². The minimum Gasteiger partial charge on any atom is -0.373 e. The van der Waals surface area contributed by atoms with Crippen LogP contribution >= 0.6 is 11.3 Å². The third-order valence-corrected chi connectivity index (χ3v) is 5.24. The second kappa shape index (κ2) is 6.83. The summed E-state index contributed by atoms with van der Waals surface area (Å²) in [6.45, 7) is 0.248. The number of carbonyl (C=O) groups is 2. The first-order chi connectivity index (χ1) is 11.5. The summed E-state index contributed by atoms with van der Waals surface area (Å²) in [5, 5.41) is 12.5. The molecule has 4 nitrogen and oxygen atoms in total. The van der Waals surface area contributed by atoms with Crippen LogP contribution in [-0.2, 0) is 16.0 Å². The molecular formula is C18H18FNO3S. The first kappa shape index (κ1) is 16.8. The maximum Gasteiger partial charge on any atom is 0.266 e. The Balaban J connectivity index is 1.63. The molecule has 1 aliphatic heterocycles. The van der Waals surface area contributed by atoms with Gasteiger partial charge in [0.25, 0.3) is 5.91 Å². The second-order valence-corrected chi connectivity index (χ2v) is 6.93. The number of benzene rings is 1. The van der Waals surface area contributed by atoms with Crippen molar-refractivity contribution in [3.8, 4) is 0 Å². The summed E-state index contributed by atoms with van der Waals surface area (Å²) in [6, 6.07) is 9.41. The number of carbonyl (C=O) groups excluding carboxylic acids is 2. The first-order valence-corrected chi connectivity index (χ1v) is 8.74. The van der Waals surface area contributed by atoms with Crippen LogP contribution in [0.5, 0.6) is 0 Å². The maximum absolute atomic E-state index is 13.0. The van der Waals surface area contributed by atoms with Gasteiger partial charge in [0.2, 0.25) is 5.60 Å². The number of aryl methyl sites for hydroxylation is 1. The molecule has 1 fully saturated rings. The number of halogens is 1. The van der Waals surface area contributed by atoms with E-state index in [-0.39, 0.29) is 19.4 Å². The van der Waals surface area contributed by atoms with E-state index in [2.05, 4.69) is 0 Å². The smallest absolute Gasteiger partial charge is 0.266 e. The minimum atomic E-state index is -1.95. The Bertz CT molecular complexity index is 729. The fraction of sp³-hybridized carbons (Fsp3) is 0.333. The zero-order valence-electron chi connectivity index (χ0n) is 13.1. The molecule has 126 valence electrons. The number of anilines is 1. The van der Waals surface area contributed by atoms with Gasteiger partial charge in [0.15, 0.2) is 5.78 Å². The summed E-state index contributed by atoms with van der Waals surface area (Å²) in [4.78, 5) is 27.4. The number of nitrogens with zero attached hydrogens (tertiary/aromatic N) is 1. The lowest BCUT2D eigenvalue weighted by Crippen LogP contribution is -2.46. The van der Waals surface area contributed by atoms with Gasteiger partial charge in [0.05, 0.1) is 0 Å². The minimum absolute atomic E-state index is 0.0705. The number of rotatable bonds is 6. The molecule has 1 unspecified atom stereocenters. The molecule has 2 aromatic rings. The topological polar surface area (TPSA) is 57.6 Å². The van der Waals surface area contributed by atoms with Crippen molar-refractivity contribution >= 4 is 28.7 Å². The quantitative estimate of drug-likeness (QED) is 0.818. The highest BCUT2D eigenvalue weighted by atomic mass is 32.1. The number of Topliss-reactive ketones (excluding diaryl/α,β-unsaturated/α-hetero) is 1. The average molecular weight is 347 g/mol. The lowest BCUT2D eigenvalue weighted by Gasteiger charge is -2.21. The molecule has 1 amide bonds. The summed E-state index contributed by atoms with van der Waals surface area (Å²) in [5.74, 6) is -1.45. The SMILES string of the molecule is O=C(CCCc1cccs1)C1(O)CCN(c2ccc(F)cc2)C1=O. The van der Waals surface area contributed by atoms with Crippen LogP contribution in [0.3, 0.4) is 0 Å². The van der Waals surface area contributed by atoms with E-state index in [1.54, 1.807) is 11.3 Å². The molecule has 1 aliphatic rings. The Morgan fingerprint density at radius 1 is 1.29 bits per heavy atom. The fourth-order valence-electron chi connectivity index (χ4n) is 2.92. The van der Waals surface area contributed by atoms with Crippen LogP contribution in [0, 0.1) is 5.82 Å². The Morgan fingerprint density at radius 2 is 2.04 bits per heavy atom. The first-order valence-electron chi connectivity index (χ1n) is 7.86. The van der Waals surface area contributed by atoms with E-state index in [4.69, 9.17) is 0 Å².